The third-order valence-electron chi connectivity index (χ3n) is 4.78. The van der Waals surface area contributed by atoms with Crippen LogP contribution in [0.15, 0.2) is 60.7 Å². The van der Waals surface area contributed by atoms with Gasteiger partial charge in [0.05, 0.1) is 6.61 Å². The van der Waals surface area contributed by atoms with Crippen molar-refractivity contribution >= 4 is 0 Å². The molecule has 0 fully saturated rings. The van der Waals surface area contributed by atoms with Crippen molar-refractivity contribution in [2.24, 2.45) is 0 Å². The quantitative estimate of drug-likeness (QED) is 0.346. The van der Waals surface area contributed by atoms with E-state index in [0.717, 1.165) is 25.9 Å². The molecular weight excluding hydrogens is 320 g/mol. The van der Waals surface area contributed by atoms with Crippen LogP contribution in [0.5, 0.6) is 0 Å². The van der Waals surface area contributed by atoms with Crippen LogP contribution in [0, 0.1) is 0 Å². The van der Waals surface area contributed by atoms with Crippen LogP contribution in [0.3, 0.4) is 0 Å². The van der Waals surface area contributed by atoms with Crippen molar-refractivity contribution < 1.29 is 9.84 Å². The lowest BCUT2D eigenvalue weighted by molar-refractivity contribution is 0.0768. The zero-order valence-electron chi connectivity index (χ0n) is 15.9. The standard InChI is InChI=1S/C24H33O2/c25-20-14-6-4-2-1-3-5-7-15-21-26-24(22-16-10-8-11-17-22)23-18-12-9-13-19-23/h8-13,16-19,24H,1-7,14-15,20-21H2. The molecule has 2 heteroatoms. The summed E-state index contributed by atoms with van der Waals surface area (Å²) in [5.41, 5.74) is 2.44. The van der Waals surface area contributed by atoms with Crippen molar-refractivity contribution in [1.82, 2.24) is 0 Å². The highest BCUT2D eigenvalue weighted by atomic mass is 16.5. The molecular formula is C24H33O2. The number of hydrogen-bond donors (Lipinski definition) is 0. The molecule has 0 spiro atoms. The predicted octanol–water partition coefficient (Wildman–Crippen LogP) is 6.73. The molecule has 0 aromatic heterocycles. The molecule has 0 aliphatic rings. The van der Waals surface area contributed by atoms with Crippen LogP contribution < -0.4 is 0 Å². The fourth-order valence-corrected chi connectivity index (χ4v) is 3.28. The molecule has 0 unspecified atom stereocenters. The molecule has 0 amide bonds. The summed E-state index contributed by atoms with van der Waals surface area (Å²) in [6.45, 7) is 0.894. The molecule has 0 N–H and O–H groups in total. The second-order valence-electron chi connectivity index (χ2n) is 6.96. The Balaban J connectivity index is 1.64. The molecule has 0 saturated carbocycles. The van der Waals surface area contributed by atoms with Crippen molar-refractivity contribution in [3.05, 3.63) is 71.8 Å². The Morgan fingerprint density at radius 2 is 1.00 bits per heavy atom. The van der Waals surface area contributed by atoms with E-state index in [9.17, 15) is 5.11 Å². The Labute approximate surface area is 159 Å². The Bertz CT molecular complexity index is 513. The van der Waals surface area contributed by atoms with Crippen molar-refractivity contribution in [3.8, 4) is 0 Å². The van der Waals surface area contributed by atoms with E-state index in [1.54, 1.807) is 0 Å². The van der Waals surface area contributed by atoms with Crippen molar-refractivity contribution in [3.63, 3.8) is 0 Å². The van der Waals surface area contributed by atoms with Gasteiger partial charge in [-0.15, -0.1) is 0 Å². The highest BCUT2D eigenvalue weighted by molar-refractivity contribution is 5.29. The first-order valence-electron chi connectivity index (χ1n) is 10.2. The summed E-state index contributed by atoms with van der Waals surface area (Å²) >= 11 is 0. The lowest BCUT2D eigenvalue weighted by Gasteiger charge is -2.19. The Morgan fingerprint density at radius 1 is 0.577 bits per heavy atom. The van der Waals surface area contributed by atoms with Crippen molar-refractivity contribution in [2.45, 2.75) is 63.9 Å². The van der Waals surface area contributed by atoms with E-state index in [-0.39, 0.29) is 12.7 Å². The van der Waals surface area contributed by atoms with Crippen LogP contribution >= 0.6 is 0 Å². The first-order chi connectivity index (χ1) is 12.9. The third kappa shape index (κ3) is 8.16. The minimum Gasteiger partial charge on any atom is -0.369 e. The van der Waals surface area contributed by atoms with Gasteiger partial charge in [0.1, 0.15) is 6.10 Å². The molecule has 1 radical (unpaired) electrons. The highest BCUT2D eigenvalue weighted by Crippen LogP contribution is 2.26. The van der Waals surface area contributed by atoms with Gasteiger partial charge in [0.15, 0.2) is 0 Å². The summed E-state index contributed by atoms with van der Waals surface area (Å²) in [6, 6.07) is 21.0. The number of hydrogen-bond acceptors (Lipinski definition) is 1. The van der Waals surface area contributed by atoms with Crippen LogP contribution in [-0.4, -0.2) is 13.2 Å². The lowest BCUT2D eigenvalue weighted by atomic mass is 10.0. The number of benzene rings is 2. The maximum Gasteiger partial charge on any atom is 0.108 e. The third-order valence-corrected chi connectivity index (χ3v) is 4.78. The molecule has 0 aliphatic heterocycles. The van der Waals surface area contributed by atoms with Crippen molar-refractivity contribution in [1.29, 1.82) is 0 Å². The summed E-state index contributed by atoms with van der Waals surface area (Å²) in [7, 11) is 0. The zero-order chi connectivity index (χ0) is 18.3. The smallest absolute Gasteiger partial charge is 0.108 e. The van der Waals surface area contributed by atoms with Gasteiger partial charge in [-0.2, -0.15) is 0 Å². The molecule has 26 heavy (non-hydrogen) atoms. The summed E-state index contributed by atoms with van der Waals surface area (Å²) < 4.78 is 6.26. The normalized spacial score (nSPS) is 11.2. The number of unbranched alkanes of at least 4 members (excludes halogenated alkanes) is 8. The minimum atomic E-state index is 0.0263. The summed E-state index contributed by atoms with van der Waals surface area (Å²) in [6.07, 6.45) is 10.7. The Kier molecular flexibility index (Phi) is 10.8. The average molecular weight is 354 g/mol. The molecule has 0 aliphatic carbocycles. The summed E-state index contributed by atoms with van der Waals surface area (Å²) in [5, 5.41) is 10.4. The molecule has 0 atom stereocenters. The van der Waals surface area contributed by atoms with Crippen LogP contribution in [0.4, 0.5) is 0 Å². The van der Waals surface area contributed by atoms with E-state index < -0.39 is 0 Å². The van der Waals surface area contributed by atoms with Gasteiger partial charge in [0.25, 0.3) is 0 Å². The fraction of sp³-hybridized carbons (Fsp3) is 0.500. The summed E-state index contributed by atoms with van der Waals surface area (Å²) in [4.78, 5) is 0. The number of rotatable bonds is 14. The van der Waals surface area contributed by atoms with Crippen molar-refractivity contribution in [2.75, 3.05) is 13.2 Å². The van der Waals surface area contributed by atoms with E-state index in [1.807, 2.05) is 12.1 Å². The van der Waals surface area contributed by atoms with Crippen LogP contribution in [0.1, 0.15) is 75.0 Å². The Hall–Kier alpha value is -1.64. The maximum atomic E-state index is 10.4. The molecule has 2 rings (SSSR count). The predicted molar refractivity (Wildman–Crippen MR) is 108 cm³/mol. The van der Waals surface area contributed by atoms with Crippen LogP contribution in [0.25, 0.3) is 0 Å². The first kappa shape index (κ1) is 20.7. The van der Waals surface area contributed by atoms with Gasteiger partial charge in [0.2, 0.25) is 0 Å². The Morgan fingerprint density at radius 3 is 1.46 bits per heavy atom. The minimum absolute atomic E-state index is 0.0263. The second-order valence-corrected chi connectivity index (χ2v) is 6.96. The number of ether oxygens (including phenoxy) is 1. The van der Waals surface area contributed by atoms with Gasteiger partial charge in [-0.25, -0.2) is 5.11 Å². The van der Waals surface area contributed by atoms with E-state index in [4.69, 9.17) is 4.74 Å². The van der Waals surface area contributed by atoms with Gasteiger partial charge in [-0.05, 0) is 24.0 Å². The van der Waals surface area contributed by atoms with Gasteiger partial charge in [-0.3, -0.25) is 0 Å². The average Bonchev–Trinajstić information content (AvgIpc) is 2.70. The van der Waals surface area contributed by atoms with E-state index >= 15 is 0 Å². The first-order valence-corrected chi connectivity index (χ1v) is 10.2. The monoisotopic (exact) mass is 353 g/mol. The van der Waals surface area contributed by atoms with Crippen LogP contribution in [0.2, 0.25) is 0 Å². The largest absolute Gasteiger partial charge is 0.369 e. The van der Waals surface area contributed by atoms with Gasteiger partial charge in [0, 0.05) is 6.61 Å². The maximum absolute atomic E-state index is 10.4. The van der Waals surface area contributed by atoms with E-state index in [1.165, 1.54) is 49.7 Å². The topological polar surface area (TPSA) is 29.1 Å². The molecule has 0 bridgehead atoms. The van der Waals surface area contributed by atoms with E-state index in [2.05, 4.69) is 48.5 Å². The second kappa shape index (κ2) is 13.5. The molecule has 141 valence electrons. The summed E-state index contributed by atoms with van der Waals surface area (Å²) in [5.74, 6) is 0. The molecule has 0 saturated heterocycles. The van der Waals surface area contributed by atoms with Gasteiger partial charge < -0.3 is 4.74 Å². The van der Waals surface area contributed by atoms with Gasteiger partial charge >= 0.3 is 0 Å². The van der Waals surface area contributed by atoms with Gasteiger partial charge in [-0.1, -0.05) is 106 Å². The molecule has 0 heterocycles. The molecule has 2 nitrogen and oxygen atoms in total. The molecule has 2 aromatic carbocycles. The molecule has 2 aromatic rings. The fourth-order valence-electron chi connectivity index (χ4n) is 3.28. The lowest BCUT2D eigenvalue weighted by Crippen LogP contribution is -2.07. The van der Waals surface area contributed by atoms with Crippen LogP contribution in [-0.2, 0) is 9.84 Å². The highest BCUT2D eigenvalue weighted by Gasteiger charge is 2.13. The van der Waals surface area contributed by atoms with E-state index in [0.29, 0.717) is 0 Å². The SMILES string of the molecule is [O]CCCCCCCCCCCOC(c1ccccc1)c1ccccc1. The zero-order valence-corrected chi connectivity index (χ0v) is 15.9.